The molecule has 0 N–H and O–H groups in total. The summed E-state index contributed by atoms with van der Waals surface area (Å²) >= 11 is 0. The summed E-state index contributed by atoms with van der Waals surface area (Å²) in [7, 11) is 1.63. The van der Waals surface area contributed by atoms with Crippen LogP contribution >= 0.6 is 0 Å². The normalized spacial score (nSPS) is 12.7. The molecular formula is C24H21F2N3O6. The van der Waals surface area contributed by atoms with Crippen LogP contribution < -0.4 is 14.4 Å². The maximum absolute atomic E-state index is 13.8. The van der Waals surface area contributed by atoms with Crippen molar-refractivity contribution in [2.24, 2.45) is 0 Å². The Kier molecular flexibility index (Phi) is 6.76. The molecule has 2 heterocycles. The molecule has 35 heavy (non-hydrogen) atoms. The monoisotopic (exact) mass is 485 g/mol. The van der Waals surface area contributed by atoms with E-state index in [9.17, 15) is 23.2 Å². The number of amides is 2. The summed E-state index contributed by atoms with van der Waals surface area (Å²) in [5.41, 5.74) is 0.596. The third kappa shape index (κ3) is 5.13. The van der Waals surface area contributed by atoms with Crippen molar-refractivity contribution in [2.45, 2.75) is 13.5 Å². The zero-order valence-electron chi connectivity index (χ0n) is 18.9. The van der Waals surface area contributed by atoms with Crippen molar-refractivity contribution in [3.63, 3.8) is 0 Å². The first-order chi connectivity index (χ1) is 16.8. The standard InChI is InChI=1S/C24H21F2N3O6/c1-3-28(2)24(32)17-11-35-22(27-17)10-29-18-8-14(4-6-21(18)34-13-23(29)31)19(30)12-33-20-7-5-15(25)9-16(20)26/h4-9,11H,3,10,12-13H2,1-2H3. The number of anilines is 1. The Morgan fingerprint density at radius 2 is 2.00 bits per heavy atom. The van der Waals surface area contributed by atoms with Gasteiger partial charge in [-0.2, -0.15) is 0 Å². The van der Waals surface area contributed by atoms with E-state index in [2.05, 4.69) is 4.98 Å². The van der Waals surface area contributed by atoms with Crippen LogP contribution in [0.3, 0.4) is 0 Å². The molecule has 0 spiro atoms. The smallest absolute Gasteiger partial charge is 0.275 e. The number of halogens is 2. The molecule has 0 saturated carbocycles. The van der Waals surface area contributed by atoms with Crippen molar-refractivity contribution in [1.29, 1.82) is 0 Å². The van der Waals surface area contributed by atoms with E-state index in [-0.39, 0.29) is 42.0 Å². The molecule has 3 aromatic rings. The van der Waals surface area contributed by atoms with Crippen molar-refractivity contribution in [3.8, 4) is 11.5 Å². The molecule has 0 unspecified atom stereocenters. The summed E-state index contributed by atoms with van der Waals surface area (Å²) in [6, 6.07) is 7.22. The minimum atomic E-state index is -0.928. The van der Waals surface area contributed by atoms with Crippen molar-refractivity contribution in [1.82, 2.24) is 9.88 Å². The van der Waals surface area contributed by atoms with E-state index >= 15 is 0 Å². The molecule has 4 rings (SSSR count). The van der Waals surface area contributed by atoms with E-state index in [4.69, 9.17) is 13.9 Å². The van der Waals surface area contributed by atoms with Crippen molar-refractivity contribution < 1.29 is 37.1 Å². The summed E-state index contributed by atoms with van der Waals surface area (Å²) in [4.78, 5) is 44.5. The van der Waals surface area contributed by atoms with Gasteiger partial charge in [-0.1, -0.05) is 0 Å². The molecule has 2 aromatic carbocycles. The van der Waals surface area contributed by atoms with Gasteiger partial charge >= 0.3 is 0 Å². The highest BCUT2D eigenvalue weighted by atomic mass is 19.1. The van der Waals surface area contributed by atoms with Crippen LogP contribution in [0.1, 0.15) is 33.7 Å². The number of Topliss-reactive ketones (excluding diaryl/α,β-unsaturated/α-hetero) is 1. The first kappa shape index (κ1) is 23.9. The molecule has 11 heteroatoms. The summed E-state index contributed by atoms with van der Waals surface area (Å²) in [6.07, 6.45) is 1.22. The van der Waals surface area contributed by atoms with Crippen LogP contribution in [0.15, 0.2) is 47.1 Å². The van der Waals surface area contributed by atoms with Gasteiger partial charge in [-0.3, -0.25) is 19.3 Å². The number of aromatic nitrogens is 1. The van der Waals surface area contributed by atoms with Crippen LogP contribution in [0.4, 0.5) is 14.5 Å². The number of nitrogens with zero attached hydrogens (tertiary/aromatic N) is 3. The van der Waals surface area contributed by atoms with Crippen molar-refractivity contribution >= 4 is 23.3 Å². The number of hydrogen-bond donors (Lipinski definition) is 0. The SMILES string of the molecule is CCN(C)C(=O)c1coc(CN2C(=O)COc3ccc(C(=O)COc4ccc(F)cc4F)cc32)n1. The lowest BCUT2D eigenvalue weighted by molar-refractivity contribution is -0.121. The third-order valence-electron chi connectivity index (χ3n) is 5.36. The van der Waals surface area contributed by atoms with Crippen molar-refractivity contribution in [3.05, 3.63) is 71.4 Å². The van der Waals surface area contributed by atoms with Gasteiger partial charge < -0.3 is 18.8 Å². The van der Waals surface area contributed by atoms with Gasteiger partial charge in [0.25, 0.3) is 11.8 Å². The Morgan fingerprint density at radius 3 is 2.74 bits per heavy atom. The van der Waals surface area contributed by atoms with E-state index in [1.807, 2.05) is 6.92 Å². The lowest BCUT2D eigenvalue weighted by Gasteiger charge is -2.28. The topological polar surface area (TPSA) is 102 Å². The number of carbonyl (C=O) groups is 3. The van der Waals surface area contributed by atoms with Gasteiger partial charge in [0.15, 0.2) is 36.3 Å². The molecule has 2 amide bonds. The van der Waals surface area contributed by atoms with E-state index in [1.165, 1.54) is 34.3 Å². The fourth-order valence-corrected chi connectivity index (χ4v) is 3.32. The highest BCUT2D eigenvalue weighted by Crippen LogP contribution is 2.34. The second kappa shape index (κ2) is 9.92. The summed E-state index contributed by atoms with van der Waals surface area (Å²) in [6.45, 7) is 1.49. The number of fused-ring (bicyclic) bond motifs is 1. The van der Waals surface area contributed by atoms with Crippen LogP contribution in [0, 0.1) is 11.6 Å². The number of hydrogen-bond acceptors (Lipinski definition) is 7. The average molecular weight is 485 g/mol. The lowest BCUT2D eigenvalue weighted by atomic mass is 10.1. The molecule has 1 aliphatic rings. The molecule has 0 bridgehead atoms. The van der Waals surface area contributed by atoms with E-state index in [0.29, 0.717) is 24.0 Å². The Labute approximate surface area is 198 Å². The predicted octanol–water partition coefficient (Wildman–Crippen LogP) is 3.23. The molecule has 9 nitrogen and oxygen atoms in total. The van der Waals surface area contributed by atoms with Crippen molar-refractivity contribution in [2.75, 3.05) is 31.7 Å². The predicted molar refractivity (Wildman–Crippen MR) is 118 cm³/mol. The Balaban J connectivity index is 1.52. The van der Waals surface area contributed by atoms with Gasteiger partial charge in [-0.25, -0.2) is 13.8 Å². The summed E-state index contributed by atoms with van der Waals surface area (Å²) in [5, 5.41) is 0. The third-order valence-corrected chi connectivity index (χ3v) is 5.36. The Hall–Kier alpha value is -4.28. The lowest BCUT2D eigenvalue weighted by Crippen LogP contribution is -2.38. The van der Waals surface area contributed by atoms with Crippen LogP contribution in [-0.4, -0.2) is 54.3 Å². The first-order valence-corrected chi connectivity index (χ1v) is 10.6. The Morgan fingerprint density at radius 1 is 1.20 bits per heavy atom. The van der Waals surface area contributed by atoms with E-state index in [1.54, 1.807) is 7.05 Å². The average Bonchev–Trinajstić information content (AvgIpc) is 3.32. The van der Waals surface area contributed by atoms with Gasteiger partial charge in [-0.15, -0.1) is 0 Å². The van der Waals surface area contributed by atoms with Crippen LogP contribution in [0.25, 0.3) is 0 Å². The van der Waals surface area contributed by atoms with Gasteiger partial charge in [0.05, 0.1) is 5.69 Å². The van der Waals surface area contributed by atoms with E-state index < -0.39 is 29.9 Å². The molecule has 0 radical (unpaired) electrons. The molecule has 1 aliphatic heterocycles. The molecular weight excluding hydrogens is 464 g/mol. The van der Waals surface area contributed by atoms with Crippen LogP contribution in [0.5, 0.6) is 11.5 Å². The second-order valence-corrected chi connectivity index (χ2v) is 7.68. The fraction of sp³-hybridized carbons (Fsp3) is 0.250. The minimum Gasteiger partial charge on any atom is -0.482 e. The van der Waals surface area contributed by atoms with E-state index in [0.717, 1.165) is 12.1 Å². The minimum absolute atomic E-state index is 0.0900. The maximum Gasteiger partial charge on any atom is 0.275 e. The molecule has 1 aromatic heterocycles. The van der Waals surface area contributed by atoms with Gasteiger partial charge in [0.2, 0.25) is 5.89 Å². The number of ether oxygens (including phenoxy) is 2. The Bertz CT molecular complexity index is 1290. The molecule has 0 saturated heterocycles. The second-order valence-electron chi connectivity index (χ2n) is 7.68. The molecule has 0 aliphatic carbocycles. The molecule has 0 fully saturated rings. The largest absolute Gasteiger partial charge is 0.482 e. The molecule has 182 valence electrons. The zero-order valence-corrected chi connectivity index (χ0v) is 18.9. The number of oxazole rings is 1. The van der Waals surface area contributed by atoms with Crippen LogP contribution in [0.2, 0.25) is 0 Å². The fourth-order valence-electron chi connectivity index (χ4n) is 3.32. The highest BCUT2D eigenvalue weighted by Gasteiger charge is 2.29. The summed E-state index contributed by atoms with van der Waals surface area (Å²) in [5.74, 6) is -2.68. The number of ketones is 1. The quantitative estimate of drug-likeness (QED) is 0.452. The number of benzene rings is 2. The first-order valence-electron chi connectivity index (χ1n) is 10.6. The number of rotatable bonds is 8. The van der Waals surface area contributed by atoms with Gasteiger partial charge in [0.1, 0.15) is 24.4 Å². The molecule has 0 atom stereocenters. The highest BCUT2D eigenvalue weighted by molar-refractivity contribution is 6.02. The number of carbonyl (C=O) groups excluding carboxylic acids is 3. The summed E-state index contributed by atoms with van der Waals surface area (Å²) < 4.78 is 42.9. The van der Waals surface area contributed by atoms with Crippen LogP contribution in [-0.2, 0) is 11.3 Å². The zero-order chi connectivity index (χ0) is 25.1. The maximum atomic E-state index is 13.8. The van der Waals surface area contributed by atoms with Gasteiger partial charge in [0, 0.05) is 25.2 Å². The van der Waals surface area contributed by atoms with Gasteiger partial charge in [-0.05, 0) is 37.3 Å².